The summed E-state index contributed by atoms with van der Waals surface area (Å²) in [5.41, 5.74) is 0.676. The Morgan fingerprint density at radius 1 is 1.30 bits per heavy atom. The summed E-state index contributed by atoms with van der Waals surface area (Å²) in [4.78, 5) is 24.3. The lowest BCUT2D eigenvalue weighted by Crippen LogP contribution is -2.27. The molecule has 1 aromatic rings. The minimum atomic E-state index is -0.608. The van der Waals surface area contributed by atoms with Crippen LogP contribution in [-0.4, -0.2) is 50.7 Å². The zero-order valence-electron chi connectivity index (χ0n) is 13.0. The highest BCUT2D eigenvalue weighted by Gasteiger charge is 2.15. The van der Waals surface area contributed by atoms with Gasteiger partial charge in [0.2, 0.25) is 0 Å². The predicted molar refractivity (Wildman–Crippen MR) is 85.7 cm³/mol. The molecule has 0 aliphatic carbocycles. The van der Waals surface area contributed by atoms with Gasteiger partial charge in [0.15, 0.2) is 18.1 Å². The van der Waals surface area contributed by atoms with E-state index in [2.05, 4.69) is 0 Å². The lowest BCUT2D eigenvalue weighted by atomic mass is 10.2. The first-order chi connectivity index (χ1) is 11.0. The number of halogens is 1. The second kappa shape index (κ2) is 7.87. The summed E-state index contributed by atoms with van der Waals surface area (Å²) in [6.45, 7) is 0.803. The average Bonchev–Trinajstić information content (AvgIpc) is 2.76. The van der Waals surface area contributed by atoms with Gasteiger partial charge < -0.3 is 19.1 Å². The highest BCUT2D eigenvalue weighted by molar-refractivity contribution is 6.32. The van der Waals surface area contributed by atoms with Crippen LogP contribution in [-0.2, 0) is 14.3 Å². The number of benzene rings is 1. The zero-order valence-corrected chi connectivity index (χ0v) is 13.8. The fourth-order valence-corrected chi connectivity index (χ4v) is 2.09. The number of amides is 1. The van der Waals surface area contributed by atoms with E-state index in [0.29, 0.717) is 35.3 Å². The summed E-state index contributed by atoms with van der Waals surface area (Å²) < 4.78 is 15.9. The van der Waals surface area contributed by atoms with Crippen molar-refractivity contribution in [1.29, 1.82) is 0 Å². The highest BCUT2D eigenvalue weighted by Crippen LogP contribution is 2.38. The normalized spacial score (nSPS) is 13.5. The molecule has 0 fully saturated rings. The Balaban J connectivity index is 2.02. The van der Waals surface area contributed by atoms with Gasteiger partial charge in [-0.25, -0.2) is 4.79 Å². The number of likely N-dealkylation sites (N-methyl/N-ethyl adjacent to an activating group) is 1. The maximum atomic E-state index is 11.6. The van der Waals surface area contributed by atoms with Gasteiger partial charge >= 0.3 is 5.97 Å². The molecule has 0 saturated carbocycles. The summed E-state index contributed by atoms with van der Waals surface area (Å²) in [6, 6.07) is 3.41. The van der Waals surface area contributed by atoms with Crippen molar-refractivity contribution in [1.82, 2.24) is 4.90 Å². The standard InChI is InChI=1S/C16H18ClNO5/c1-18(2)14(19)10-23-15(20)5-4-11-8-12(17)16-13(9-11)21-6-3-7-22-16/h4-5,8-9H,3,6-7,10H2,1-2H3/b5-4+. The van der Waals surface area contributed by atoms with E-state index in [1.54, 1.807) is 32.3 Å². The SMILES string of the molecule is CN(C)C(=O)COC(=O)/C=C/c1cc(Cl)c2c(c1)OCCCO2. The van der Waals surface area contributed by atoms with E-state index in [9.17, 15) is 9.59 Å². The molecule has 124 valence electrons. The third-order valence-electron chi connectivity index (χ3n) is 3.07. The molecule has 7 heteroatoms. The van der Waals surface area contributed by atoms with Crippen molar-refractivity contribution in [2.24, 2.45) is 0 Å². The quantitative estimate of drug-likeness (QED) is 0.621. The molecule has 0 radical (unpaired) electrons. The van der Waals surface area contributed by atoms with Crippen molar-refractivity contribution >= 4 is 29.6 Å². The van der Waals surface area contributed by atoms with Gasteiger partial charge in [-0.1, -0.05) is 11.6 Å². The van der Waals surface area contributed by atoms with Gasteiger partial charge in [-0.05, 0) is 23.8 Å². The van der Waals surface area contributed by atoms with E-state index in [4.69, 9.17) is 25.8 Å². The van der Waals surface area contributed by atoms with Gasteiger partial charge in [-0.2, -0.15) is 0 Å². The first kappa shape index (κ1) is 17.1. The molecular formula is C16H18ClNO5. The number of hydrogen-bond acceptors (Lipinski definition) is 5. The van der Waals surface area contributed by atoms with Crippen LogP contribution in [0.3, 0.4) is 0 Å². The number of rotatable bonds is 4. The molecule has 6 nitrogen and oxygen atoms in total. The van der Waals surface area contributed by atoms with E-state index in [1.807, 2.05) is 0 Å². The Morgan fingerprint density at radius 2 is 2.04 bits per heavy atom. The highest BCUT2D eigenvalue weighted by atomic mass is 35.5. The molecule has 23 heavy (non-hydrogen) atoms. The van der Waals surface area contributed by atoms with Crippen LogP contribution in [0.2, 0.25) is 5.02 Å². The van der Waals surface area contributed by atoms with Crippen LogP contribution in [0, 0.1) is 0 Å². The monoisotopic (exact) mass is 339 g/mol. The number of esters is 1. The van der Waals surface area contributed by atoms with Gasteiger partial charge in [0, 0.05) is 26.6 Å². The molecule has 0 spiro atoms. The lowest BCUT2D eigenvalue weighted by Gasteiger charge is -2.10. The number of carbonyl (C=O) groups excluding carboxylic acids is 2. The number of carbonyl (C=O) groups is 2. The van der Waals surface area contributed by atoms with Crippen LogP contribution >= 0.6 is 11.6 Å². The van der Waals surface area contributed by atoms with Gasteiger partial charge in [0.05, 0.1) is 18.2 Å². The molecule has 1 aromatic carbocycles. The Kier molecular flexibility index (Phi) is 5.87. The maximum Gasteiger partial charge on any atom is 0.331 e. The smallest absolute Gasteiger partial charge is 0.331 e. The van der Waals surface area contributed by atoms with Gasteiger partial charge in [0.1, 0.15) is 0 Å². The van der Waals surface area contributed by atoms with Crippen LogP contribution in [0.1, 0.15) is 12.0 Å². The number of fused-ring (bicyclic) bond motifs is 1. The minimum Gasteiger partial charge on any atom is -0.489 e. The number of hydrogen-bond donors (Lipinski definition) is 0. The second-order valence-electron chi connectivity index (χ2n) is 5.11. The van der Waals surface area contributed by atoms with Crippen molar-refractivity contribution in [3.63, 3.8) is 0 Å². The minimum absolute atomic E-state index is 0.287. The van der Waals surface area contributed by atoms with E-state index in [-0.39, 0.29) is 12.5 Å². The van der Waals surface area contributed by atoms with Crippen molar-refractivity contribution in [3.8, 4) is 11.5 Å². The molecule has 1 heterocycles. The van der Waals surface area contributed by atoms with E-state index in [1.165, 1.54) is 11.0 Å². The van der Waals surface area contributed by atoms with Gasteiger partial charge in [-0.3, -0.25) is 4.79 Å². The molecule has 0 atom stereocenters. The van der Waals surface area contributed by atoms with Crippen molar-refractivity contribution in [2.45, 2.75) is 6.42 Å². The Bertz CT molecular complexity index is 627. The fraction of sp³-hybridized carbons (Fsp3) is 0.375. The zero-order chi connectivity index (χ0) is 16.8. The second-order valence-corrected chi connectivity index (χ2v) is 5.52. The molecular weight excluding hydrogens is 322 g/mol. The molecule has 0 N–H and O–H groups in total. The summed E-state index contributed by atoms with van der Waals surface area (Å²) >= 11 is 6.17. The third-order valence-corrected chi connectivity index (χ3v) is 3.35. The topological polar surface area (TPSA) is 65.1 Å². The van der Waals surface area contributed by atoms with Crippen LogP contribution in [0.25, 0.3) is 6.08 Å². The summed E-state index contributed by atoms with van der Waals surface area (Å²) in [5, 5.41) is 0.417. The summed E-state index contributed by atoms with van der Waals surface area (Å²) in [7, 11) is 3.18. The van der Waals surface area contributed by atoms with E-state index < -0.39 is 5.97 Å². The van der Waals surface area contributed by atoms with E-state index in [0.717, 1.165) is 6.42 Å². The molecule has 1 amide bonds. The van der Waals surface area contributed by atoms with Crippen molar-refractivity contribution in [2.75, 3.05) is 33.9 Å². The molecule has 2 rings (SSSR count). The average molecular weight is 340 g/mol. The molecule has 1 aliphatic heterocycles. The first-order valence-electron chi connectivity index (χ1n) is 7.11. The first-order valence-corrected chi connectivity index (χ1v) is 7.49. The van der Waals surface area contributed by atoms with E-state index >= 15 is 0 Å². The van der Waals surface area contributed by atoms with Crippen LogP contribution < -0.4 is 9.47 Å². The third kappa shape index (κ3) is 4.89. The predicted octanol–water partition coefficient (Wildman–Crippen LogP) is 2.15. The maximum absolute atomic E-state index is 11.6. The lowest BCUT2D eigenvalue weighted by molar-refractivity contribution is -0.146. The Hall–Kier alpha value is -2.21. The van der Waals surface area contributed by atoms with Crippen molar-refractivity contribution in [3.05, 3.63) is 28.8 Å². The number of nitrogens with zero attached hydrogens (tertiary/aromatic N) is 1. The molecule has 0 saturated heterocycles. The summed E-state index contributed by atoms with van der Waals surface area (Å²) in [5.74, 6) is 0.167. The Labute approximate surface area is 139 Å². The summed E-state index contributed by atoms with van der Waals surface area (Å²) in [6.07, 6.45) is 3.56. The molecule has 0 bridgehead atoms. The molecule has 0 unspecified atom stereocenters. The molecule has 0 aromatic heterocycles. The van der Waals surface area contributed by atoms with Crippen LogP contribution in [0.5, 0.6) is 11.5 Å². The fourth-order valence-electron chi connectivity index (χ4n) is 1.82. The van der Waals surface area contributed by atoms with Gasteiger partial charge in [0.25, 0.3) is 5.91 Å². The Morgan fingerprint density at radius 3 is 2.78 bits per heavy atom. The largest absolute Gasteiger partial charge is 0.489 e. The van der Waals surface area contributed by atoms with Crippen LogP contribution in [0.4, 0.5) is 0 Å². The van der Waals surface area contributed by atoms with Crippen LogP contribution in [0.15, 0.2) is 18.2 Å². The molecule has 1 aliphatic rings. The van der Waals surface area contributed by atoms with Gasteiger partial charge in [-0.15, -0.1) is 0 Å². The van der Waals surface area contributed by atoms with Crippen molar-refractivity contribution < 1.29 is 23.8 Å². The number of ether oxygens (including phenoxy) is 3.